The Balaban J connectivity index is 2.04. The molecule has 1 saturated heterocycles. The molecule has 0 saturated carbocycles. The van der Waals surface area contributed by atoms with Gasteiger partial charge in [-0.25, -0.2) is 0 Å². The molecule has 25 heavy (non-hydrogen) atoms. The molecule has 0 aliphatic carbocycles. The van der Waals surface area contributed by atoms with Gasteiger partial charge in [-0.2, -0.15) is 0 Å². The SMILES string of the molecule is CCC(=O)N1CCCN(C(=O)C=Cc2cc(OC)ccc2OC)CC1. The minimum absolute atomic E-state index is 0.0596. The zero-order chi connectivity index (χ0) is 18.2. The largest absolute Gasteiger partial charge is 0.497 e. The van der Waals surface area contributed by atoms with E-state index in [9.17, 15) is 9.59 Å². The number of benzene rings is 1. The number of ether oxygens (including phenoxy) is 2. The highest BCUT2D eigenvalue weighted by molar-refractivity contribution is 5.92. The number of rotatable bonds is 5. The molecule has 1 fully saturated rings. The van der Waals surface area contributed by atoms with Gasteiger partial charge in [0, 0.05) is 44.2 Å². The van der Waals surface area contributed by atoms with Crippen LogP contribution in [0.3, 0.4) is 0 Å². The number of carbonyl (C=O) groups is 2. The first-order chi connectivity index (χ1) is 12.1. The van der Waals surface area contributed by atoms with Crippen LogP contribution in [-0.2, 0) is 9.59 Å². The Labute approximate surface area is 149 Å². The molecule has 1 aliphatic rings. The fourth-order valence-corrected chi connectivity index (χ4v) is 2.85. The van der Waals surface area contributed by atoms with E-state index in [1.165, 1.54) is 0 Å². The highest BCUT2D eigenvalue weighted by Crippen LogP contribution is 2.25. The number of methoxy groups -OCH3 is 2. The van der Waals surface area contributed by atoms with Crippen molar-refractivity contribution in [2.45, 2.75) is 19.8 Å². The Hall–Kier alpha value is -2.50. The molecule has 1 heterocycles. The summed E-state index contributed by atoms with van der Waals surface area (Å²) in [4.78, 5) is 27.9. The summed E-state index contributed by atoms with van der Waals surface area (Å²) in [6.45, 7) is 4.38. The van der Waals surface area contributed by atoms with E-state index in [4.69, 9.17) is 9.47 Å². The van der Waals surface area contributed by atoms with Crippen molar-refractivity contribution in [1.29, 1.82) is 0 Å². The Morgan fingerprint density at radius 1 is 1.08 bits per heavy atom. The monoisotopic (exact) mass is 346 g/mol. The molecule has 2 amide bonds. The molecule has 136 valence electrons. The fourth-order valence-electron chi connectivity index (χ4n) is 2.85. The quantitative estimate of drug-likeness (QED) is 0.767. The average molecular weight is 346 g/mol. The van der Waals surface area contributed by atoms with Gasteiger partial charge in [-0.05, 0) is 30.7 Å². The third-order valence-electron chi connectivity index (χ3n) is 4.31. The van der Waals surface area contributed by atoms with Crippen molar-refractivity contribution in [3.8, 4) is 11.5 Å². The van der Waals surface area contributed by atoms with E-state index >= 15 is 0 Å². The minimum atomic E-state index is -0.0596. The summed E-state index contributed by atoms with van der Waals surface area (Å²) in [6, 6.07) is 5.45. The van der Waals surface area contributed by atoms with Crippen molar-refractivity contribution in [3.63, 3.8) is 0 Å². The normalized spacial score (nSPS) is 15.2. The van der Waals surface area contributed by atoms with Crippen molar-refractivity contribution in [2.75, 3.05) is 40.4 Å². The number of nitrogens with zero attached hydrogens (tertiary/aromatic N) is 2. The zero-order valence-electron chi connectivity index (χ0n) is 15.2. The summed E-state index contributed by atoms with van der Waals surface area (Å²) in [5, 5.41) is 0. The molecule has 0 radical (unpaired) electrons. The first kappa shape index (κ1) is 18.8. The van der Waals surface area contributed by atoms with Gasteiger partial charge in [0.25, 0.3) is 0 Å². The zero-order valence-corrected chi connectivity index (χ0v) is 15.2. The second kappa shape index (κ2) is 9.11. The van der Waals surface area contributed by atoms with E-state index in [0.717, 1.165) is 12.0 Å². The van der Waals surface area contributed by atoms with E-state index in [1.807, 2.05) is 30.0 Å². The van der Waals surface area contributed by atoms with Crippen molar-refractivity contribution >= 4 is 17.9 Å². The van der Waals surface area contributed by atoms with Crippen LogP contribution in [0.5, 0.6) is 11.5 Å². The van der Waals surface area contributed by atoms with Gasteiger partial charge in [0.2, 0.25) is 11.8 Å². The van der Waals surface area contributed by atoms with Crippen LogP contribution in [0.2, 0.25) is 0 Å². The highest BCUT2D eigenvalue weighted by Gasteiger charge is 2.19. The Kier molecular flexibility index (Phi) is 6.86. The van der Waals surface area contributed by atoms with Gasteiger partial charge in [0.05, 0.1) is 14.2 Å². The topological polar surface area (TPSA) is 59.1 Å². The van der Waals surface area contributed by atoms with Crippen LogP contribution in [0.25, 0.3) is 6.08 Å². The average Bonchev–Trinajstić information content (AvgIpc) is 2.91. The van der Waals surface area contributed by atoms with Gasteiger partial charge < -0.3 is 19.3 Å². The van der Waals surface area contributed by atoms with E-state index in [1.54, 1.807) is 31.3 Å². The lowest BCUT2D eigenvalue weighted by molar-refractivity contribution is -0.131. The first-order valence-corrected chi connectivity index (χ1v) is 8.55. The molecule has 0 atom stereocenters. The molecular weight excluding hydrogens is 320 g/mol. The summed E-state index contributed by atoms with van der Waals surface area (Å²) >= 11 is 0. The summed E-state index contributed by atoms with van der Waals surface area (Å²) in [5.74, 6) is 1.47. The second-order valence-electron chi connectivity index (χ2n) is 5.85. The minimum Gasteiger partial charge on any atom is -0.497 e. The molecule has 0 unspecified atom stereocenters. The lowest BCUT2D eigenvalue weighted by atomic mass is 10.1. The molecule has 2 rings (SSSR count). The summed E-state index contributed by atoms with van der Waals surface area (Å²) in [7, 11) is 3.19. The van der Waals surface area contributed by atoms with Gasteiger partial charge in [0.1, 0.15) is 11.5 Å². The maximum atomic E-state index is 12.5. The van der Waals surface area contributed by atoms with Crippen LogP contribution < -0.4 is 9.47 Å². The predicted octanol–water partition coefficient (Wildman–Crippen LogP) is 2.19. The van der Waals surface area contributed by atoms with Gasteiger partial charge in [0.15, 0.2) is 0 Å². The summed E-state index contributed by atoms with van der Waals surface area (Å²) < 4.78 is 10.5. The van der Waals surface area contributed by atoms with Crippen LogP contribution in [0, 0.1) is 0 Å². The molecule has 6 nitrogen and oxygen atoms in total. The van der Waals surface area contributed by atoms with Crippen molar-refractivity contribution in [3.05, 3.63) is 29.8 Å². The van der Waals surface area contributed by atoms with E-state index in [0.29, 0.717) is 44.1 Å². The molecule has 1 aliphatic heterocycles. The Morgan fingerprint density at radius 3 is 2.48 bits per heavy atom. The maximum absolute atomic E-state index is 12.5. The Bertz CT molecular complexity index is 642. The van der Waals surface area contributed by atoms with Crippen LogP contribution in [0.4, 0.5) is 0 Å². The lowest BCUT2D eigenvalue weighted by Crippen LogP contribution is -2.36. The molecule has 0 aromatic heterocycles. The van der Waals surface area contributed by atoms with Gasteiger partial charge in [-0.3, -0.25) is 9.59 Å². The third-order valence-corrected chi connectivity index (χ3v) is 4.31. The molecule has 1 aromatic rings. The number of carbonyl (C=O) groups excluding carboxylic acids is 2. The number of hydrogen-bond donors (Lipinski definition) is 0. The molecule has 6 heteroatoms. The molecule has 1 aromatic carbocycles. The number of amides is 2. The fraction of sp³-hybridized carbons (Fsp3) is 0.474. The smallest absolute Gasteiger partial charge is 0.246 e. The van der Waals surface area contributed by atoms with Gasteiger partial charge in [-0.1, -0.05) is 6.92 Å². The van der Waals surface area contributed by atoms with Crippen molar-refractivity contribution in [1.82, 2.24) is 9.80 Å². The molecule has 0 N–H and O–H groups in total. The number of hydrogen-bond acceptors (Lipinski definition) is 4. The van der Waals surface area contributed by atoms with Crippen LogP contribution >= 0.6 is 0 Å². The van der Waals surface area contributed by atoms with E-state index < -0.39 is 0 Å². The van der Waals surface area contributed by atoms with E-state index in [-0.39, 0.29) is 11.8 Å². The van der Waals surface area contributed by atoms with Crippen LogP contribution in [0.15, 0.2) is 24.3 Å². The van der Waals surface area contributed by atoms with Crippen LogP contribution in [-0.4, -0.2) is 62.0 Å². The molecule has 0 spiro atoms. The highest BCUT2D eigenvalue weighted by atomic mass is 16.5. The summed E-state index contributed by atoms with van der Waals surface area (Å²) in [6.07, 6.45) is 4.59. The standard InChI is InChI=1S/C19H26N2O4/c1-4-18(22)20-10-5-11-21(13-12-20)19(23)9-6-15-14-16(24-2)7-8-17(15)25-3/h6-9,14H,4-5,10-13H2,1-3H3. The first-order valence-electron chi connectivity index (χ1n) is 8.55. The third kappa shape index (κ3) is 4.98. The lowest BCUT2D eigenvalue weighted by Gasteiger charge is -2.21. The van der Waals surface area contributed by atoms with Crippen molar-refractivity contribution < 1.29 is 19.1 Å². The van der Waals surface area contributed by atoms with Gasteiger partial charge >= 0.3 is 0 Å². The molecule has 0 bridgehead atoms. The summed E-state index contributed by atoms with van der Waals surface area (Å²) in [5.41, 5.74) is 0.785. The van der Waals surface area contributed by atoms with E-state index in [2.05, 4.69) is 0 Å². The predicted molar refractivity (Wildman–Crippen MR) is 96.6 cm³/mol. The second-order valence-corrected chi connectivity index (χ2v) is 5.85. The van der Waals surface area contributed by atoms with Crippen molar-refractivity contribution in [2.24, 2.45) is 0 Å². The Morgan fingerprint density at radius 2 is 1.80 bits per heavy atom. The van der Waals surface area contributed by atoms with Crippen LogP contribution in [0.1, 0.15) is 25.3 Å². The molecular formula is C19H26N2O4. The van der Waals surface area contributed by atoms with Gasteiger partial charge in [-0.15, -0.1) is 0 Å². The maximum Gasteiger partial charge on any atom is 0.246 e.